The molecule has 5 heteroatoms. The third-order valence-corrected chi connectivity index (χ3v) is 3.71. The second kappa shape index (κ2) is 5.94. The van der Waals surface area contributed by atoms with E-state index >= 15 is 0 Å². The van der Waals surface area contributed by atoms with E-state index < -0.39 is 5.97 Å². The van der Waals surface area contributed by atoms with Crippen LogP contribution >= 0.6 is 0 Å². The smallest absolute Gasteiger partial charge is 0.303 e. The van der Waals surface area contributed by atoms with Gasteiger partial charge in [-0.3, -0.25) is 9.59 Å². The average molecular weight is 276 g/mol. The molecule has 1 heterocycles. The summed E-state index contributed by atoms with van der Waals surface area (Å²) in [6, 6.07) is 5.40. The van der Waals surface area contributed by atoms with E-state index in [1.54, 1.807) is 17.0 Å². The van der Waals surface area contributed by atoms with Crippen molar-refractivity contribution in [3.8, 4) is 0 Å². The van der Waals surface area contributed by atoms with Crippen molar-refractivity contribution >= 4 is 17.6 Å². The fourth-order valence-electron chi connectivity index (χ4n) is 2.69. The van der Waals surface area contributed by atoms with E-state index in [1.807, 2.05) is 13.0 Å². The second-order valence-corrected chi connectivity index (χ2v) is 5.45. The van der Waals surface area contributed by atoms with Crippen LogP contribution in [0.2, 0.25) is 0 Å². The fourth-order valence-corrected chi connectivity index (χ4v) is 2.69. The van der Waals surface area contributed by atoms with Crippen molar-refractivity contribution in [1.29, 1.82) is 0 Å². The minimum Gasteiger partial charge on any atom is -0.481 e. The Morgan fingerprint density at radius 2 is 2.20 bits per heavy atom. The molecular formula is C15H20N2O3. The number of hydrogen-bond acceptors (Lipinski definition) is 3. The van der Waals surface area contributed by atoms with Gasteiger partial charge in [0.15, 0.2) is 0 Å². The Balaban J connectivity index is 2.12. The molecule has 108 valence electrons. The van der Waals surface area contributed by atoms with E-state index in [9.17, 15) is 9.59 Å². The number of nitrogen functional groups attached to an aromatic ring is 1. The number of piperidine rings is 1. The highest BCUT2D eigenvalue weighted by Crippen LogP contribution is 2.23. The molecule has 1 atom stereocenters. The molecule has 0 bridgehead atoms. The molecule has 0 aromatic heterocycles. The maximum atomic E-state index is 12.5. The number of carboxylic acid groups (broad SMARTS) is 1. The van der Waals surface area contributed by atoms with Gasteiger partial charge >= 0.3 is 5.97 Å². The number of hydrogen-bond donors (Lipinski definition) is 2. The quantitative estimate of drug-likeness (QED) is 0.826. The molecule has 1 fully saturated rings. The van der Waals surface area contributed by atoms with Crippen molar-refractivity contribution in [2.75, 3.05) is 18.8 Å². The number of anilines is 1. The van der Waals surface area contributed by atoms with E-state index in [-0.39, 0.29) is 18.2 Å². The lowest BCUT2D eigenvalue weighted by atomic mass is 9.94. The van der Waals surface area contributed by atoms with E-state index in [0.29, 0.717) is 24.3 Å². The van der Waals surface area contributed by atoms with Crippen molar-refractivity contribution in [1.82, 2.24) is 4.90 Å². The molecule has 1 aliphatic rings. The first-order valence-electron chi connectivity index (χ1n) is 6.84. The molecule has 5 nitrogen and oxygen atoms in total. The van der Waals surface area contributed by atoms with Crippen molar-refractivity contribution in [2.45, 2.75) is 26.2 Å². The Bertz CT molecular complexity index is 528. The van der Waals surface area contributed by atoms with Gasteiger partial charge in [-0.25, -0.2) is 0 Å². The number of benzene rings is 1. The zero-order valence-electron chi connectivity index (χ0n) is 11.6. The lowest BCUT2D eigenvalue weighted by Crippen LogP contribution is -2.40. The largest absolute Gasteiger partial charge is 0.481 e. The van der Waals surface area contributed by atoms with Gasteiger partial charge in [0, 0.05) is 25.2 Å². The van der Waals surface area contributed by atoms with Crippen LogP contribution in [0.5, 0.6) is 0 Å². The predicted molar refractivity (Wildman–Crippen MR) is 76.5 cm³/mol. The van der Waals surface area contributed by atoms with Gasteiger partial charge in [0.25, 0.3) is 5.91 Å². The standard InChI is InChI=1S/C15H20N2O3/c1-10-4-5-13(16)12(7-10)15(20)17-6-2-3-11(9-17)8-14(18)19/h4-5,7,11H,2-3,6,8-9,16H2,1H3,(H,18,19). The molecule has 1 aliphatic heterocycles. The summed E-state index contributed by atoms with van der Waals surface area (Å²) < 4.78 is 0. The summed E-state index contributed by atoms with van der Waals surface area (Å²) in [5.41, 5.74) is 7.85. The number of rotatable bonds is 3. The number of carbonyl (C=O) groups excluding carboxylic acids is 1. The summed E-state index contributed by atoms with van der Waals surface area (Å²) in [6.07, 6.45) is 1.82. The van der Waals surface area contributed by atoms with Crippen LogP contribution < -0.4 is 5.73 Å². The average Bonchev–Trinajstić information content (AvgIpc) is 2.40. The topological polar surface area (TPSA) is 83.6 Å². The first kappa shape index (κ1) is 14.4. The van der Waals surface area contributed by atoms with E-state index in [1.165, 1.54) is 0 Å². The number of amides is 1. The van der Waals surface area contributed by atoms with Crippen molar-refractivity contribution in [3.05, 3.63) is 29.3 Å². The lowest BCUT2D eigenvalue weighted by molar-refractivity contribution is -0.138. The van der Waals surface area contributed by atoms with Crippen LogP contribution in [0.15, 0.2) is 18.2 Å². The van der Waals surface area contributed by atoms with Crippen LogP contribution in [0, 0.1) is 12.8 Å². The van der Waals surface area contributed by atoms with Gasteiger partial charge in [0.05, 0.1) is 5.56 Å². The molecule has 1 saturated heterocycles. The Kier molecular flexibility index (Phi) is 4.27. The number of carbonyl (C=O) groups is 2. The molecule has 1 unspecified atom stereocenters. The summed E-state index contributed by atoms with van der Waals surface area (Å²) in [7, 11) is 0. The van der Waals surface area contributed by atoms with E-state index in [0.717, 1.165) is 18.4 Å². The van der Waals surface area contributed by atoms with Crippen LogP contribution in [0.25, 0.3) is 0 Å². The molecule has 1 aromatic rings. The molecule has 0 spiro atoms. The molecule has 0 aliphatic carbocycles. The highest BCUT2D eigenvalue weighted by molar-refractivity contribution is 5.99. The zero-order chi connectivity index (χ0) is 14.7. The van der Waals surface area contributed by atoms with Gasteiger partial charge in [-0.15, -0.1) is 0 Å². The summed E-state index contributed by atoms with van der Waals surface area (Å²) in [5.74, 6) is -0.864. The summed E-state index contributed by atoms with van der Waals surface area (Å²) >= 11 is 0. The maximum absolute atomic E-state index is 12.5. The molecule has 3 N–H and O–H groups in total. The lowest BCUT2D eigenvalue weighted by Gasteiger charge is -2.32. The number of aryl methyl sites for hydroxylation is 1. The van der Waals surface area contributed by atoms with Crippen LogP contribution in [0.4, 0.5) is 5.69 Å². The minimum atomic E-state index is -0.806. The number of likely N-dealkylation sites (tertiary alicyclic amines) is 1. The number of aliphatic carboxylic acids is 1. The first-order valence-corrected chi connectivity index (χ1v) is 6.84. The maximum Gasteiger partial charge on any atom is 0.303 e. The molecule has 20 heavy (non-hydrogen) atoms. The zero-order valence-corrected chi connectivity index (χ0v) is 11.6. The Morgan fingerprint density at radius 1 is 1.45 bits per heavy atom. The van der Waals surface area contributed by atoms with Crippen LogP contribution in [0.3, 0.4) is 0 Å². The third-order valence-electron chi connectivity index (χ3n) is 3.71. The number of carboxylic acids is 1. The highest BCUT2D eigenvalue weighted by atomic mass is 16.4. The van der Waals surface area contributed by atoms with Gasteiger partial charge < -0.3 is 15.7 Å². The third kappa shape index (κ3) is 3.29. The van der Waals surface area contributed by atoms with E-state index in [2.05, 4.69) is 0 Å². The van der Waals surface area contributed by atoms with Crippen LogP contribution in [-0.4, -0.2) is 35.0 Å². The molecule has 1 aromatic carbocycles. The van der Waals surface area contributed by atoms with Crippen LogP contribution in [0.1, 0.15) is 35.2 Å². The van der Waals surface area contributed by atoms with Gasteiger partial charge in [-0.2, -0.15) is 0 Å². The highest BCUT2D eigenvalue weighted by Gasteiger charge is 2.26. The molecule has 0 saturated carbocycles. The van der Waals surface area contributed by atoms with Gasteiger partial charge in [0.1, 0.15) is 0 Å². The normalized spacial score (nSPS) is 18.9. The monoisotopic (exact) mass is 276 g/mol. The van der Waals surface area contributed by atoms with Gasteiger partial charge in [0.2, 0.25) is 0 Å². The summed E-state index contributed by atoms with van der Waals surface area (Å²) in [6.45, 7) is 3.08. The van der Waals surface area contributed by atoms with Crippen molar-refractivity contribution < 1.29 is 14.7 Å². The molecular weight excluding hydrogens is 256 g/mol. The molecule has 1 amide bonds. The summed E-state index contributed by atoms with van der Waals surface area (Å²) in [4.78, 5) is 25.0. The van der Waals surface area contributed by atoms with E-state index in [4.69, 9.17) is 10.8 Å². The Labute approximate surface area is 118 Å². The first-order chi connectivity index (χ1) is 9.47. The minimum absolute atomic E-state index is 0.0382. The SMILES string of the molecule is Cc1ccc(N)c(C(=O)N2CCCC(CC(=O)O)C2)c1. The predicted octanol–water partition coefficient (Wildman–Crippen LogP) is 1.90. The van der Waals surface area contributed by atoms with Crippen LogP contribution in [-0.2, 0) is 4.79 Å². The molecule has 2 rings (SSSR count). The summed E-state index contributed by atoms with van der Waals surface area (Å²) in [5, 5.41) is 8.86. The number of nitrogens with two attached hydrogens (primary N) is 1. The van der Waals surface area contributed by atoms with Gasteiger partial charge in [-0.05, 0) is 37.8 Å². The molecule has 0 radical (unpaired) electrons. The fraction of sp³-hybridized carbons (Fsp3) is 0.467. The Hall–Kier alpha value is -2.04. The number of nitrogens with zero attached hydrogens (tertiary/aromatic N) is 1. The van der Waals surface area contributed by atoms with Crippen molar-refractivity contribution in [2.24, 2.45) is 5.92 Å². The van der Waals surface area contributed by atoms with Crippen molar-refractivity contribution in [3.63, 3.8) is 0 Å². The Morgan fingerprint density at radius 3 is 2.90 bits per heavy atom. The van der Waals surface area contributed by atoms with Gasteiger partial charge in [-0.1, -0.05) is 11.6 Å². The second-order valence-electron chi connectivity index (χ2n) is 5.45.